The Kier molecular flexibility index (Phi) is 7.04. The molecule has 1 heterocycles. The molecule has 0 radical (unpaired) electrons. The number of anilines is 2. The van der Waals surface area contributed by atoms with Crippen LogP contribution in [0.5, 0.6) is 0 Å². The largest absolute Gasteiger partial charge is 0.354 e. The fraction of sp³-hybridized carbons (Fsp3) is 0.250. The Balaban J connectivity index is 1.63. The molecule has 0 atom stereocenters. The third-order valence-corrected chi connectivity index (χ3v) is 8.20. The first-order chi connectivity index (χ1) is 19.9. The van der Waals surface area contributed by atoms with Crippen molar-refractivity contribution in [2.45, 2.75) is 59.3 Å². The fourth-order valence-electron chi connectivity index (χ4n) is 6.07. The van der Waals surface area contributed by atoms with E-state index in [0.717, 1.165) is 54.8 Å². The van der Waals surface area contributed by atoms with Gasteiger partial charge in [-0.25, -0.2) is 0 Å². The second kappa shape index (κ2) is 10.8. The lowest BCUT2D eigenvalue weighted by atomic mass is 9.81. The van der Waals surface area contributed by atoms with Gasteiger partial charge >= 0.3 is 0 Å². The summed E-state index contributed by atoms with van der Waals surface area (Å²) in [6.45, 7) is 5.84. The number of hydrogen-bond donors (Lipinski definition) is 1. The number of carbonyl (C=O) groups excluding carboxylic acids is 3. The molecule has 1 aromatic heterocycles. The predicted molar refractivity (Wildman–Crippen MR) is 166 cm³/mol. The summed E-state index contributed by atoms with van der Waals surface area (Å²) >= 11 is 0. The summed E-state index contributed by atoms with van der Waals surface area (Å²) in [5, 5.41) is 1.81. The van der Waals surface area contributed by atoms with E-state index in [9.17, 15) is 14.4 Å². The van der Waals surface area contributed by atoms with Crippen molar-refractivity contribution in [1.29, 1.82) is 0 Å². The van der Waals surface area contributed by atoms with Crippen molar-refractivity contribution in [1.82, 2.24) is 4.98 Å². The van der Waals surface area contributed by atoms with Crippen molar-refractivity contribution in [3.63, 3.8) is 0 Å². The smallest absolute Gasteiger partial charge is 0.228 e. The van der Waals surface area contributed by atoms with Crippen LogP contribution in [0, 0.1) is 0 Å². The number of nitrogens with zero attached hydrogens (tertiary/aromatic N) is 1. The molecule has 0 bridgehead atoms. The number of aromatic amines is 1. The number of benzene rings is 4. The third kappa shape index (κ3) is 4.55. The van der Waals surface area contributed by atoms with Crippen LogP contribution in [-0.2, 0) is 17.6 Å². The van der Waals surface area contributed by atoms with Crippen LogP contribution in [0.1, 0.15) is 89.4 Å². The topological polar surface area (TPSA) is 70.2 Å². The Hall–Kier alpha value is -4.51. The van der Waals surface area contributed by atoms with Gasteiger partial charge in [0.05, 0.1) is 22.3 Å². The van der Waals surface area contributed by atoms with Crippen LogP contribution >= 0.6 is 0 Å². The Bertz CT molecular complexity index is 1830. The lowest BCUT2D eigenvalue weighted by molar-refractivity contribution is -0.115. The van der Waals surface area contributed by atoms with Crippen LogP contribution in [0.4, 0.5) is 11.4 Å². The highest BCUT2D eigenvalue weighted by molar-refractivity contribution is 6.35. The maximum Gasteiger partial charge on any atom is 0.228 e. The molecule has 0 fully saturated rings. The molecule has 6 rings (SSSR count). The van der Waals surface area contributed by atoms with Gasteiger partial charge in [0.25, 0.3) is 0 Å². The molecule has 5 aromatic rings. The van der Waals surface area contributed by atoms with E-state index >= 15 is 0 Å². The number of amides is 1. The lowest BCUT2D eigenvalue weighted by Gasteiger charge is -2.28. The second-order valence-corrected chi connectivity index (χ2v) is 11.0. The average Bonchev–Trinajstić information content (AvgIpc) is 3.35. The highest BCUT2D eigenvalue weighted by Crippen LogP contribution is 2.43. The van der Waals surface area contributed by atoms with E-state index < -0.39 is 0 Å². The number of aryl methyl sites for hydroxylation is 2. The van der Waals surface area contributed by atoms with Gasteiger partial charge in [-0.15, -0.1) is 0 Å². The maximum absolute atomic E-state index is 14.1. The Morgan fingerprint density at radius 3 is 1.98 bits per heavy atom. The number of hydrogen-bond acceptors (Lipinski definition) is 3. The van der Waals surface area contributed by atoms with Crippen molar-refractivity contribution >= 4 is 50.7 Å². The molecule has 1 N–H and O–H groups in total. The predicted octanol–water partition coefficient (Wildman–Crippen LogP) is 8.47. The Morgan fingerprint density at radius 1 is 0.732 bits per heavy atom. The summed E-state index contributed by atoms with van der Waals surface area (Å²) < 4.78 is 0. The van der Waals surface area contributed by atoms with E-state index in [1.807, 2.05) is 36.4 Å². The SMILES string of the molecule is CCCCc1ccc(N(C(C)=O)c2cc3c([nH]c4ccc(CCCC)cc43)c3c2C(=O)c2ccccc2C3=O)cc1. The van der Waals surface area contributed by atoms with E-state index in [0.29, 0.717) is 33.6 Å². The van der Waals surface area contributed by atoms with Crippen LogP contribution in [0.15, 0.2) is 72.8 Å². The summed E-state index contributed by atoms with van der Waals surface area (Å²) in [5.41, 5.74) is 6.42. The Labute approximate surface area is 240 Å². The van der Waals surface area contributed by atoms with Gasteiger partial charge < -0.3 is 4.98 Å². The molecule has 206 valence electrons. The summed E-state index contributed by atoms with van der Waals surface area (Å²) in [5.74, 6) is -0.686. The molecule has 5 heteroatoms. The molecule has 0 spiro atoms. The monoisotopic (exact) mass is 542 g/mol. The fourth-order valence-corrected chi connectivity index (χ4v) is 6.07. The van der Waals surface area contributed by atoms with Crippen LogP contribution in [0.3, 0.4) is 0 Å². The first-order valence-corrected chi connectivity index (χ1v) is 14.6. The standard InChI is InChI=1S/C36H34N2O3/c1-4-6-10-23-14-17-25(18-15-23)38(22(3)39)31-21-29-28-20-24(11-7-5-2)16-19-30(28)37-34(29)33-32(31)35(40)26-12-8-9-13-27(26)36(33)41/h8-9,12-21,37H,4-7,10-11H2,1-3H3. The van der Waals surface area contributed by atoms with E-state index in [4.69, 9.17) is 0 Å². The van der Waals surface area contributed by atoms with E-state index in [1.54, 1.807) is 29.2 Å². The van der Waals surface area contributed by atoms with Gasteiger partial charge in [0.2, 0.25) is 5.91 Å². The first kappa shape index (κ1) is 26.7. The summed E-state index contributed by atoms with van der Waals surface area (Å²) in [6.07, 6.45) is 6.32. The van der Waals surface area contributed by atoms with Gasteiger partial charge in [0.15, 0.2) is 11.6 Å². The number of fused-ring (bicyclic) bond motifs is 6. The summed E-state index contributed by atoms with van der Waals surface area (Å²) in [6, 6.07) is 23.2. The zero-order valence-electron chi connectivity index (χ0n) is 23.8. The minimum absolute atomic E-state index is 0.210. The molecule has 1 aliphatic rings. The summed E-state index contributed by atoms with van der Waals surface area (Å²) in [4.78, 5) is 46.6. The molecule has 0 unspecified atom stereocenters. The van der Waals surface area contributed by atoms with E-state index in [-0.39, 0.29) is 23.0 Å². The van der Waals surface area contributed by atoms with Crippen molar-refractivity contribution in [2.75, 3.05) is 4.90 Å². The quantitative estimate of drug-likeness (QED) is 0.210. The van der Waals surface area contributed by atoms with Crippen molar-refractivity contribution in [2.24, 2.45) is 0 Å². The minimum atomic E-state index is -0.250. The van der Waals surface area contributed by atoms with Gasteiger partial charge in [0.1, 0.15) is 0 Å². The van der Waals surface area contributed by atoms with Gasteiger partial charge in [-0.3, -0.25) is 19.3 Å². The third-order valence-electron chi connectivity index (χ3n) is 8.20. The number of rotatable bonds is 8. The van der Waals surface area contributed by atoms with E-state index in [1.165, 1.54) is 18.1 Å². The number of aromatic nitrogens is 1. The van der Waals surface area contributed by atoms with Gasteiger partial charge in [-0.2, -0.15) is 0 Å². The molecule has 1 amide bonds. The highest BCUT2D eigenvalue weighted by atomic mass is 16.2. The van der Waals surface area contributed by atoms with Gasteiger partial charge in [-0.05, 0) is 67.1 Å². The number of ketones is 2. The van der Waals surface area contributed by atoms with Crippen molar-refractivity contribution in [3.8, 4) is 0 Å². The average molecular weight is 543 g/mol. The number of unbranched alkanes of at least 4 members (excludes halogenated alkanes) is 2. The maximum atomic E-state index is 14.1. The zero-order valence-corrected chi connectivity index (χ0v) is 23.8. The van der Waals surface area contributed by atoms with Gasteiger partial charge in [0, 0.05) is 40.0 Å². The molecule has 41 heavy (non-hydrogen) atoms. The van der Waals surface area contributed by atoms with Crippen LogP contribution in [0.25, 0.3) is 21.8 Å². The molecular formula is C36H34N2O3. The normalized spacial score (nSPS) is 12.6. The van der Waals surface area contributed by atoms with Crippen LogP contribution in [-0.4, -0.2) is 22.5 Å². The molecular weight excluding hydrogens is 508 g/mol. The van der Waals surface area contributed by atoms with Crippen molar-refractivity contribution in [3.05, 3.63) is 106 Å². The number of H-pyrrole nitrogens is 1. The van der Waals surface area contributed by atoms with Gasteiger partial charge in [-0.1, -0.05) is 69.2 Å². The lowest BCUT2D eigenvalue weighted by Crippen LogP contribution is -2.29. The molecule has 0 saturated carbocycles. The highest BCUT2D eigenvalue weighted by Gasteiger charge is 2.36. The second-order valence-electron chi connectivity index (χ2n) is 11.0. The summed E-state index contributed by atoms with van der Waals surface area (Å²) in [7, 11) is 0. The number of carbonyl (C=O) groups is 3. The minimum Gasteiger partial charge on any atom is -0.354 e. The first-order valence-electron chi connectivity index (χ1n) is 14.6. The molecule has 0 saturated heterocycles. The van der Waals surface area contributed by atoms with Crippen LogP contribution in [0.2, 0.25) is 0 Å². The van der Waals surface area contributed by atoms with E-state index in [2.05, 4.69) is 31.0 Å². The molecule has 0 aliphatic heterocycles. The molecule has 4 aromatic carbocycles. The Morgan fingerprint density at radius 2 is 1.34 bits per heavy atom. The molecule has 1 aliphatic carbocycles. The van der Waals surface area contributed by atoms with Crippen molar-refractivity contribution < 1.29 is 14.4 Å². The molecule has 5 nitrogen and oxygen atoms in total. The number of nitrogens with one attached hydrogen (secondary N) is 1. The van der Waals surface area contributed by atoms with Crippen LogP contribution < -0.4 is 4.90 Å². The zero-order chi connectivity index (χ0) is 28.7.